The second-order valence-electron chi connectivity index (χ2n) is 9.56. The van der Waals surface area contributed by atoms with Crippen LogP contribution in [0.15, 0.2) is 49.2 Å². The third-order valence-corrected chi connectivity index (χ3v) is 7.36. The van der Waals surface area contributed by atoms with Crippen LogP contribution < -0.4 is 0 Å². The van der Waals surface area contributed by atoms with Crippen molar-refractivity contribution in [2.45, 2.75) is 51.9 Å². The van der Waals surface area contributed by atoms with E-state index < -0.39 is 17.0 Å². The van der Waals surface area contributed by atoms with Gasteiger partial charge in [-0.25, -0.2) is 18.7 Å². The molecule has 1 aromatic carbocycles. The number of hydrogen-bond donors (Lipinski definition) is 0. The second kappa shape index (κ2) is 8.00. The maximum absolute atomic E-state index is 14.5. The van der Waals surface area contributed by atoms with E-state index in [2.05, 4.69) is 53.1 Å². The van der Waals surface area contributed by atoms with Crippen LogP contribution in [0.3, 0.4) is 0 Å². The zero-order chi connectivity index (χ0) is 24.1. The van der Waals surface area contributed by atoms with Gasteiger partial charge >= 0.3 is 0 Å². The van der Waals surface area contributed by atoms with Gasteiger partial charge in [0.1, 0.15) is 24.3 Å². The highest BCUT2D eigenvalue weighted by molar-refractivity contribution is 5.62. The van der Waals surface area contributed by atoms with Crippen LogP contribution in [0.1, 0.15) is 63.4 Å². The van der Waals surface area contributed by atoms with E-state index in [1.807, 2.05) is 6.07 Å². The molecule has 9 heteroatoms. The first kappa shape index (κ1) is 22.2. The van der Waals surface area contributed by atoms with Crippen LogP contribution in [-0.4, -0.2) is 34.9 Å². The summed E-state index contributed by atoms with van der Waals surface area (Å²) in [7, 11) is 0. The summed E-state index contributed by atoms with van der Waals surface area (Å²) in [6.45, 7) is 8.62. The minimum Gasteiger partial charge on any atom is -0.255 e. The number of fused-ring (bicyclic) bond motifs is 1. The van der Waals surface area contributed by atoms with Crippen molar-refractivity contribution >= 4 is 0 Å². The molecule has 2 atom stereocenters. The van der Waals surface area contributed by atoms with Crippen LogP contribution in [0, 0.1) is 17.0 Å². The Hall–Kier alpha value is -3.62. The molecule has 0 bridgehead atoms. The topological polar surface area (TPSA) is 82.3 Å². The summed E-state index contributed by atoms with van der Waals surface area (Å²) >= 11 is 0. The Balaban J connectivity index is 1.72. The average Bonchev–Trinajstić information content (AvgIpc) is 3.36. The summed E-state index contributed by atoms with van der Waals surface area (Å²) < 4.78 is 30.7. The minimum atomic E-state index is -0.657. The van der Waals surface area contributed by atoms with Crippen molar-refractivity contribution in [2.24, 2.45) is 5.41 Å². The molecular weight excluding hydrogens is 436 g/mol. The van der Waals surface area contributed by atoms with E-state index in [1.165, 1.54) is 18.2 Å². The van der Waals surface area contributed by atoms with E-state index in [9.17, 15) is 8.78 Å². The average molecular weight is 462 g/mol. The fourth-order valence-electron chi connectivity index (χ4n) is 5.11. The summed E-state index contributed by atoms with van der Waals surface area (Å²) in [5.74, 6) is -0.691. The number of benzene rings is 1. The maximum Gasteiger partial charge on any atom is 0.236 e. The summed E-state index contributed by atoms with van der Waals surface area (Å²) in [4.78, 5) is 9.22. The predicted octanol–water partition coefficient (Wildman–Crippen LogP) is 5.02. The van der Waals surface area contributed by atoms with Gasteiger partial charge in [-0.15, -0.1) is 15.3 Å². The van der Waals surface area contributed by atoms with Crippen LogP contribution in [-0.2, 0) is 5.41 Å². The Morgan fingerprint density at radius 2 is 1.74 bits per heavy atom. The first-order valence-electron chi connectivity index (χ1n) is 11.3. The van der Waals surface area contributed by atoms with Gasteiger partial charge < -0.3 is 0 Å². The highest BCUT2D eigenvalue weighted by Crippen LogP contribution is 2.56. The van der Waals surface area contributed by atoms with Crippen LogP contribution in [0.25, 0.3) is 17.2 Å². The lowest BCUT2D eigenvalue weighted by atomic mass is 9.54. The molecule has 1 aliphatic rings. The Morgan fingerprint density at radius 3 is 2.41 bits per heavy atom. The molecule has 0 unspecified atom stereocenters. The van der Waals surface area contributed by atoms with Crippen molar-refractivity contribution in [1.82, 2.24) is 34.9 Å². The fraction of sp³-hybridized carbons (Fsp3) is 0.360. The van der Waals surface area contributed by atoms with Crippen molar-refractivity contribution in [1.29, 1.82) is 0 Å². The molecular formula is C25H25F2N7. The van der Waals surface area contributed by atoms with Crippen LogP contribution in [0.5, 0.6) is 0 Å². The Morgan fingerprint density at radius 1 is 1.03 bits per heavy atom. The zero-order valence-electron chi connectivity index (χ0n) is 19.5. The van der Waals surface area contributed by atoms with E-state index in [0.29, 0.717) is 5.95 Å². The maximum atomic E-state index is 14.5. The van der Waals surface area contributed by atoms with E-state index in [-0.39, 0.29) is 22.6 Å². The van der Waals surface area contributed by atoms with Crippen LogP contribution in [0.4, 0.5) is 8.78 Å². The van der Waals surface area contributed by atoms with Gasteiger partial charge in [-0.1, -0.05) is 26.8 Å². The zero-order valence-corrected chi connectivity index (χ0v) is 19.5. The summed E-state index contributed by atoms with van der Waals surface area (Å²) in [6.07, 6.45) is 6.52. The largest absolute Gasteiger partial charge is 0.255 e. The first-order chi connectivity index (χ1) is 16.3. The molecule has 0 fully saturated rings. The highest BCUT2D eigenvalue weighted by atomic mass is 19.1. The van der Waals surface area contributed by atoms with Crippen molar-refractivity contribution < 1.29 is 8.78 Å². The molecule has 1 aliphatic carbocycles. The number of hydrogen-bond acceptors (Lipinski definition) is 6. The smallest absolute Gasteiger partial charge is 0.236 e. The Kier molecular flexibility index (Phi) is 5.22. The molecule has 3 heterocycles. The Bertz CT molecular complexity index is 1330. The molecule has 3 aromatic heterocycles. The van der Waals surface area contributed by atoms with Gasteiger partial charge in [0, 0.05) is 6.20 Å². The molecule has 0 aliphatic heterocycles. The van der Waals surface area contributed by atoms with Gasteiger partial charge in [0.05, 0.1) is 28.1 Å². The summed E-state index contributed by atoms with van der Waals surface area (Å²) in [5, 5.41) is 16.6. The van der Waals surface area contributed by atoms with Gasteiger partial charge in [-0.3, -0.25) is 4.57 Å². The molecule has 0 spiro atoms. The fourth-order valence-corrected chi connectivity index (χ4v) is 5.11. The normalized spacial score (nSPS) is 21.3. The molecule has 4 aromatic rings. The van der Waals surface area contributed by atoms with Gasteiger partial charge in [0.2, 0.25) is 5.95 Å². The van der Waals surface area contributed by atoms with Gasteiger partial charge in [-0.2, -0.15) is 5.10 Å². The number of nitrogens with zero attached hydrogens (tertiary/aromatic N) is 7. The number of rotatable bonds is 4. The van der Waals surface area contributed by atoms with Crippen molar-refractivity contribution in [2.75, 3.05) is 0 Å². The second-order valence-corrected chi connectivity index (χ2v) is 9.56. The SMILES string of the molecule is CC[C@@H]1CC(C)(C)[C@@](C)(c2ccnc(-n3cnnc3)n2)c2nnc(-c3c(F)cccc3F)cc21. The molecule has 0 saturated carbocycles. The van der Waals surface area contributed by atoms with Crippen molar-refractivity contribution in [3.05, 3.63) is 77.8 Å². The Labute approximate surface area is 196 Å². The van der Waals surface area contributed by atoms with Crippen molar-refractivity contribution in [3.8, 4) is 17.2 Å². The molecule has 5 rings (SSSR count). The predicted molar refractivity (Wildman–Crippen MR) is 122 cm³/mol. The molecule has 0 saturated heterocycles. The van der Waals surface area contributed by atoms with Gasteiger partial charge in [0.25, 0.3) is 0 Å². The van der Waals surface area contributed by atoms with E-state index >= 15 is 0 Å². The monoisotopic (exact) mass is 461 g/mol. The van der Waals surface area contributed by atoms with Gasteiger partial charge in [0.15, 0.2) is 0 Å². The molecule has 0 radical (unpaired) electrons. The van der Waals surface area contributed by atoms with E-state index in [1.54, 1.807) is 29.5 Å². The van der Waals surface area contributed by atoms with E-state index in [4.69, 9.17) is 4.98 Å². The number of aromatic nitrogens is 7. The van der Waals surface area contributed by atoms with Crippen LogP contribution in [0.2, 0.25) is 0 Å². The van der Waals surface area contributed by atoms with Gasteiger partial charge in [-0.05, 0) is 60.9 Å². The van der Waals surface area contributed by atoms with Crippen LogP contribution >= 0.6 is 0 Å². The number of halogens is 2. The van der Waals surface area contributed by atoms with Crippen molar-refractivity contribution in [3.63, 3.8) is 0 Å². The molecule has 0 amide bonds. The quantitative estimate of drug-likeness (QED) is 0.424. The molecule has 174 valence electrons. The third-order valence-electron chi connectivity index (χ3n) is 7.36. The van der Waals surface area contributed by atoms with E-state index in [0.717, 1.165) is 29.8 Å². The molecule has 7 nitrogen and oxygen atoms in total. The lowest BCUT2D eigenvalue weighted by Crippen LogP contribution is -2.47. The standard InChI is InChI=1S/C25H25F2N7/c1-5-15-12-24(2,3)25(4,20-9-10-28-23(31-20)34-13-29-30-14-34)22-16(15)11-19(32-33-22)21-17(26)7-6-8-18(21)27/h6-11,13-15H,5,12H2,1-4H3/t15-,25+/m1/s1. The first-order valence-corrected chi connectivity index (χ1v) is 11.3. The summed E-state index contributed by atoms with van der Waals surface area (Å²) in [5.41, 5.74) is 1.67. The third kappa shape index (κ3) is 3.29. The minimum absolute atomic E-state index is 0.156. The molecule has 34 heavy (non-hydrogen) atoms. The lowest BCUT2D eigenvalue weighted by Gasteiger charge is -2.50. The lowest BCUT2D eigenvalue weighted by molar-refractivity contribution is 0.153. The summed E-state index contributed by atoms with van der Waals surface area (Å²) in [6, 6.07) is 7.50. The highest BCUT2D eigenvalue weighted by Gasteiger charge is 2.52. The molecule has 0 N–H and O–H groups in total.